The van der Waals surface area contributed by atoms with E-state index >= 15 is 0 Å². The van der Waals surface area contributed by atoms with E-state index in [1.807, 2.05) is 0 Å². The number of aromatic nitrogens is 2. The van der Waals surface area contributed by atoms with Gasteiger partial charge in [-0.2, -0.15) is 5.10 Å². The van der Waals surface area contributed by atoms with Crippen molar-refractivity contribution in [3.8, 4) is 0 Å². The highest BCUT2D eigenvalue weighted by atomic mass is 32.1. The van der Waals surface area contributed by atoms with Crippen molar-refractivity contribution in [3.05, 3.63) is 28.4 Å². The highest BCUT2D eigenvalue weighted by Crippen LogP contribution is 2.35. The van der Waals surface area contributed by atoms with E-state index in [1.165, 1.54) is 0 Å². The molecule has 19 heavy (non-hydrogen) atoms. The van der Waals surface area contributed by atoms with Gasteiger partial charge in [-0.05, 0) is 0 Å². The third-order valence-electron chi connectivity index (χ3n) is 2.42. The van der Waals surface area contributed by atoms with Crippen LogP contribution in [0.4, 0.5) is 10.7 Å². The van der Waals surface area contributed by atoms with E-state index in [0.717, 1.165) is 16.9 Å². The van der Waals surface area contributed by atoms with Gasteiger partial charge in [0.1, 0.15) is 9.88 Å². The molecule has 2 aromatic rings. The number of nitrogens with zero attached hydrogens (tertiary/aromatic N) is 1. The van der Waals surface area contributed by atoms with Crippen molar-refractivity contribution in [2.75, 3.05) is 11.1 Å². The van der Waals surface area contributed by atoms with Crippen LogP contribution in [0.15, 0.2) is 12.4 Å². The number of rotatable bonds is 5. The van der Waals surface area contributed by atoms with Crippen LogP contribution in [-0.4, -0.2) is 22.0 Å². The number of nitrogen functional groups attached to an aromatic ring is 1. The van der Waals surface area contributed by atoms with Crippen LogP contribution < -0.4 is 22.5 Å². The van der Waals surface area contributed by atoms with E-state index in [4.69, 9.17) is 17.2 Å². The molecule has 0 fully saturated rings. The van der Waals surface area contributed by atoms with Crippen molar-refractivity contribution in [1.82, 2.24) is 10.2 Å². The maximum Gasteiger partial charge on any atom is 0.260 e. The summed E-state index contributed by atoms with van der Waals surface area (Å²) in [6.45, 7) is 0.412. The van der Waals surface area contributed by atoms with Crippen LogP contribution in [0.3, 0.4) is 0 Å². The molecule has 2 aromatic heterocycles. The molecule has 0 saturated carbocycles. The average Bonchev–Trinajstić information content (AvgIpc) is 2.93. The first kappa shape index (κ1) is 12.9. The van der Waals surface area contributed by atoms with Gasteiger partial charge in [0, 0.05) is 18.3 Å². The molecular formula is C10H12N6O2S. The normalized spacial score (nSPS) is 10.3. The van der Waals surface area contributed by atoms with Crippen LogP contribution in [0.5, 0.6) is 0 Å². The van der Waals surface area contributed by atoms with Crippen LogP contribution in [-0.2, 0) is 6.54 Å². The van der Waals surface area contributed by atoms with Gasteiger partial charge in [0.2, 0.25) is 0 Å². The Bertz CT molecular complexity index is 618. The van der Waals surface area contributed by atoms with Crippen LogP contribution in [0.1, 0.15) is 25.6 Å². The number of aromatic amines is 1. The molecule has 0 aliphatic carbocycles. The van der Waals surface area contributed by atoms with Crippen molar-refractivity contribution < 1.29 is 9.59 Å². The molecular weight excluding hydrogens is 268 g/mol. The van der Waals surface area contributed by atoms with E-state index in [-0.39, 0.29) is 16.1 Å². The summed E-state index contributed by atoms with van der Waals surface area (Å²) < 4.78 is 0. The monoisotopic (exact) mass is 280 g/mol. The first-order valence-corrected chi connectivity index (χ1v) is 6.05. The van der Waals surface area contributed by atoms with Crippen molar-refractivity contribution in [3.63, 3.8) is 0 Å². The summed E-state index contributed by atoms with van der Waals surface area (Å²) in [5.74, 6) is -1.41. The first-order valence-electron chi connectivity index (χ1n) is 5.24. The number of carbonyl (C=O) groups is 2. The zero-order chi connectivity index (χ0) is 14.0. The second-order valence-electron chi connectivity index (χ2n) is 3.74. The zero-order valence-electron chi connectivity index (χ0n) is 9.77. The Morgan fingerprint density at radius 3 is 2.63 bits per heavy atom. The third kappa shape index (κ3) is 2.50. The summed E-state index contributed by atoms with van der Waals surface area (Å²) in [6, 6.07) is 0. The Morgan fingerprint density at radius 1 is 1.37 bits per heavy atom. The Labute approximate surface area is 112 Å². The number of thiophene rings is 1. The molecule has 0 aromatic carbocycles. The fourth-order valence-corrected chi connectivity index (χ4v) is 2.53. The summed E-state index contributed by atoms with van der Waals surface area (Å²) in [4.78, 5) is 22.7. The molecule has 100 valence electrons. The minimum atomic E-state index is -0.712. The molecule has 0 aliphatic heterocycles. The van der Waals surface area contributed by atoms with Crippen LogP contribution in [0, 0.1) is 0 Å². The van der Waals surface area contributed by atoms with Gasteiger partial charge in [-0.25, -0.2) is 0 Å². The van der Waals surface area contributed by atoms with Crippen molar-refractivity contribution in [2.45, 2.75) is 6.54 Å². The number of amides is 2. The lowest BCUT2D eigenvalue weighted by Crippen LogP contribution is -2.16. The molecule has 2 amide bonds. The van der Waals surface area contributed by atoms with Gasteiger partial charge in [-0.3, -0.25) is 14.7 Å². The number of carbonyl (C=O) groups excluding carboxylic acids is 2. The largest absolute Gasteiger partial charge is 0.397 e. The Kier molecular flexibility index (Phi) is 3.38. The second-order valence-corrected chi connectivity index (χ2v) is 4.76. The predicted molar refractivity (Wildman–Crippen MR) is 71.7 cm³/mol. The lowest BCUT2D eigenvalue weighted by molar-refractivity contribution is 0.0999. The van der Waals surface area contributed by atoms with E-state index in [0.29, 0.717) is 11.5 Å². The lowest BCUT2D eigenvalue weighted by atomic mass is 10.2. The third-order valence-corrected chi connectivity index (χ3v) is 3.60. The fourth-order valence-electron chi connectivity index (χ4n) is 1.55. The van der Waals surface area contributed by atoms with Gasteiger partial charge >= 0.3 is 0 Å². The highest BCUT2D eigenvalue weighted by molar-refractivity contribution is 7.19. The zero-order valence-corrected chi connectivity index (χ0v) is 10.6. The van der Waals surface area contributed by atoms with Crippen molar-refractivity contribution in [2.24, 2.45) is 11.5 Å². The highest BCUT2D eigenvalue weighted by Gasteiger charge is 2.22. The summed E-state index contributed by atoms with van der Waals surface area (Å²) in [5, 5.41) is 9.85. The maximum atomic E-state index is 11.4. The van der Waals surface area contributed by atoms with Gasteiger partial charge in [-0.15, -0.1) is 11.3 Å². The SMILES string of the molecule is NC(=O)c1sc(NCc2cn[nH]c2)c(C(N)=O)c1N. The Hall–Kier alpha value is -2.55. The molecule has 0 radical (unpaired) electrons. The molecule has 0 spiro atoms. The molecule has 2 heterocycles. The molecule has 0 bridgehead atoms. The number of hydrogen-bond acceptors (Lipinski definition) is 6. The number of anilines is 2. The minimum Gasteiger partial charge on any atom is -0.397 e. The summed E-state index contributed by atoms with van der Waals surface area (Å²) >= 11 is 1.00. The van der Waals surface area contributed by atoms with Crippen LogP contribution in [0.2, 0.25) is 0 Å². The number of H-pyrrole nitrogens is 1. The maximum absolute atomic E-state index is 11.4. The smallest absolute Gasteiger partial charge is 0.260 e. The molecule has 0 aliphatic rings. The molecule has 0 saturated heterocycles. The standard InChI is InChI=1S/C10H12N6O2S/c11-6-5(8(12)17)10(19-7(6)9(13)18)14-1-4-2-15-16-3-4/h2-3,14H,1,11H2,(H2,12,17)(H2,13,18)(H,15,16). The van der Waals surface area contributed by atoms with Crippen molar-refractivity contribution >= 4 is 33.8 Å². The second kappa shape index (κ2) is 4.98. The number of nitrogens with two attached hydrogens (primary N) is 3. The van der Waals surface area contributed by atoms with E-state index in [9.17, 15) is 9.59 Å². The lowest BCUT2D eigenvalue weighted by Gasteiger charge is -2.03. The summed E-state index contributed by atoms with van der Waals surface area (Å²) in [7, 11) is 0. The molecule has 0 atom stereocenters. The van der Waals surface area contributed by atoms with Crippen LogP contribution in [0.25, 0.3) is 0 Å². The van der Waals surface area contributed by atoms with E-state index in [2.05, 4.69) is 15.5 Å². The summed E-state index contributed by atoms with van der Waals surface area (Å²) in [6.07, 6.45) is 3.33. The van der Waals surface area contributed by atoms with E-state index in [1.54, 1.807) is 12.4 Å². The molecule has 0 unspecified atom stereocenters. The number of primary amides is 2. The van der Waals surface area contributed by atoms with Gasteiger partial charge in [-0.1, -0.05) is 0 Å². The number of nitrogens with one attached hydrogen (secondary N) is 2. The number of hydrogen-bond donors (Lipinski definition) is 5. The molecule has 9 heteroatoms. The minimum absolute atomic E-state index is 0.0136. The topological polar surface area (TPSA) is 153 Å². The van der Waals surface area contributed by atoms with Crippen LogP contribution >= 0.6 is 11.3 Å². The van der Waals surface area contributed by atoms with E-state index < -0.39 is 11.8 Å². The quantitative estimate of drug-likeness (QED) is 0.516. The molecule has 8 nitrogen and oxygen atoms in total. The first-order chi connectivity index (χ1) is 9.00. The van der Waals surface area contributed by atoms with Gasteiger partial charge in [0.05, 0.1) is 17.4 Å². The van der Waals surface area contributed by atoms with Gasteiger partial charge < -0.3 is 22.5 Å². The fraction of sp³-hybridized carbons (Fsp3) is 0.100. The Balaban J connectivity index is 2.30. The predicted octanol–water partition coefficient (Wildman–Crippen LogP) is -0.137. The van der Waals surface area contributed by atoms with Gasteiger partial charge in [0.15, 0.2) is 0 Å². The van der Waals surface area contributed by atoms with Gasteiger partial charge in [0.25, 0.3) is 11.8 Å². The Morgan fingerprint density at radius 2 is 2.11 bits per heavy atom. The average molecular weight is 280 g/mol. The molecule has 2 rings (SSSR count). The van der Waals surface area contributed by atoms with Crippen molar-refractivity contribution in [1.29, 1.82) is 0 Å². The molecule has 8 N–H and O–H groups in total. The summed E-state index contributed by atoms with van der Waals surface area (Å²) in [5.41, 5.74) is 17.1.